The average Bonchev–Trinajstić information content (AvgIpc) is 3.35. The third-order valence-electron chi connectivity index (χ3n) is 6.68. The fourth-order valence-corrected chi connectivity index (χ4v) is 4.82. The molecule has 7 nitrogen and oxygen atoms in total. The second-order valence-electron chi connectivity index (χ2n) is 9.88. The van der Waals surface area contributed by atoms with E-state index in [9.17, 15) is 14.7 Å². The van der Waals surface area contributed by atoms with Crippen molar-refractivity contribution < 1.29 is 24.2 Å². The molecule has 1 fully saturated rings. The zero-order valence-corrected chi connectivity index (χ0v) is 21.6. The second-order valence-corrected chi connectivity index (χ2v) is 9.88. The standard InChI is InChI=1S/C29H36N2O5/c1-5-6-16-35-23-11-8-20(9-12-23)26-25(28(33)29(34)31(26)15-7-14-30(3)4)27(32)21-10-13-24-22(18-21)17-19(2)36-24/h8-13,18-19,26,32H,5-7,14-17H2,1-4H3/t19-,26+/m0/s1. The topological polar surface area (TPSA) is 79.3 Å². The maximum atomic E-state index is 13.3. The van der Waals surface area contributed by atoms with Crippen LogP contribution in [0.3, 0.4) is 0 Å². The number of rotatable bonds is 10. The number of nitrogens with zero attached hydrogens (tertiary/aromatic N) is 2. The molecular formula is C29H36N2O5. The van der Waals surface area contributed by atoms with Crippen LogP contribution >= 0.6 is 0 Å². The summed E-state index contributed by atoms with van der Waals surface area (Å²) in [5.41, 5.74) is 2.39. The van der Waals surface area contributed by atoms with Crippen molar-refractivity contribution in [1.82, 2.24) is 9.80 Å². The first-order chi connectivity index (χ1) is 17.3. The van der Waals surface area contributed by atoms with Crippen molar-refractivity contribution in [2.45, 2.75) is 51.7 Å². The van der Waals surface area contributed by atoms with Crippen LogP contribution in [-0.4, -0.2) is 66.5 Å². The number of hydrogen-bond acceptors (Lipinski definition) is 6. The molecule has 0 saturated carbocycles. The van der Waals surface area contributed by atoms with Crippen molar-refractivity contribution in [1.29, 1.82) is 0 Å². The molecule has 1 saturated heterocycles. The minimum atomic E-state index is -0.666. The Labute approximate surface area is 213 Å². The Morgan fingerprint density at radius 2 is 1.89 bits per heavy atom. The van der Waals surface area contributed by atoms with Crippen molar-refractivity contribution in [2.24, 2.45) is 0 Å². The zero-order valence-electron chi connectivity index (χ0n) is 21.6. The molecule has 2 heterocycles. The number of amides is 1. The molecule has 0 radical (unpaired) electrons. The van der Waals surface area contributed by atoms with E-state index in [0.29, 0.717) is 25.1 Å². The Balaban J connectivity index is 1.71. The lowest BCUT2D eigenvalue weighted by molar-refractivity contribution is -0.139. The van der Waals surface area contributed by atoms with E-state index in [2.05, 4.69) is 6.92 Å². The number of fused-ring (bicyclic) bond motifs is 1. The van der Waals surface area contributed by atoms with Gasteiger partial charge in [0.15, 0.2) is 0 Å². The van der Waals surface area contributed by atoms with E-state index in [1.165, 1.54) is 0 Å². The highest BCUT2D eigenvalue weighted by Crippen LogP contribution is 2.41. The summed E-state index contributed by atoms with van der Waals surface area (Å²) >= 11 is 0. The lowest BCUT2D eigenvalue weighted by Gasteiger charge is -2.26. The Hall–Kier alpha value is -3.32. The van der Waals surface area contributed by atoms with Gasteiger partial charge in [-0.05, 0) is 81.9 Å². The normalized spacial score (nSPS) is 20.6. The second kappa shape index (κ2) is 11.2. The molecule has 36 heavy (non-hydrogen) atoms. The number of unbranched alkanes of at least 4 members (excludes halogenated alkanes) is 1. The van der Waals surface area contributed by atoms with Gasteiger partial charge in [-0.15, -0.1) is 0 Å². The fraction of sp³-hybridized carbons (Fsp3) is 0.448. The van der Waals surface area contributed by atoms with Crippen LogP contribution in [-0.2, 0) is 16.0 Å². The van der Waals surface area contributed by atoms with Crippen molar-refractivity contribution in [2.75, 3.05) is 33.8 Å². The first kappa shape index (κ1) is 25.8. The highest BCUT2D eigenvalue weighted by molar-refractivity contribution is 6.46. The van der Waals surface area contributed by atoms with Crippen molar-refractivity contribution in [3.8, 4) is 11.5 Å². The molecule has 0 bridgehead atoms. The Bertz CT molecular complexity index is 1140. The molecule has 7 heteroatoms. The fourth-order valence-electron chi connectivity index (χ4n) is 4.82. The van der Waals surface area contributed by atoms with E-state index >= 15 is 0 Å². The quantitative estimate of drug-likeness (QED) is 0.227. The lowest BCUT2D eigenvalue weighted by atomic mass is 9.94. The van der Waals surface area contributed by atoms with Crippen molar-refractivity contribution in [3.63, 3.8) is 0 Å². The van der Waals surface area contributed by atoms with Crippen LogP contribution in [0.4, 0.5) is 0 Å². The summed E-state index contributed by atoms with van der Waals surface area (Å²) in [7, 11) is 3.95. The number of carbonyl (C=O) groups excluding carboxylic acids is 2. The number of ketones is 1. The van der Waals surface area contributed by atoms with Gasteiger partial charge in [-0.3, -0.25) is 9.59 Å². The van der Waals surface area contributed by atoms with E-state index in [4.69, 9.17) is 9.47 Å². The smallest absolute Gasteiger partial charge is 0.295 e. The number of likely N-dealkylation sites (tertiary alicyclic amines) is 1. The number of aliphatic hydroxyl groups excluding tert-OH is 1. The monoisotopic (exact) mass is 492 g/mol. The van der Waals surface area contributed by atoms with Gasteiger partial charge in [0, 0.05) is 18.5 Å². The predicted octanol–water partition coefficient (Wildman–Crippen LogP) is 4.56. The summed E-state index contributed by atoms with van der Waals surface area (Å²) < 4.78 is 11.6. The minimum absolute atomic E-state index is 0.0673. The number of hydrogen-bond donors (Lipinski definition) is 1. The third kappa shape index (κ3) is 5.41. The summed E-state index contributed by atoms with van der Waals surface area (Å²) in [6.45, 7) is 5.94. The summed E-state index contributed by atoms with van der Waals surface area (Å²) in [4.78, 5) is 30.1. The Kier molecular flexibility index (Phi) is 7.99. The molecule has 0 unspecified atom stereocenters. The molecule has 0 spiro atoms. The van der Waals surface area contributed by atoms with Gasteiger partial charge in [-0.25, -0.2) is 0 Å². The van der Waals surface area contributed by atoms with Gasteiger partial charge >= 0.3 is 0 Å². The van der Waals surface area contributed by atoms with Crippen LogP contribution in [0, 0.1) is 0 Å². The lowest BCUT2D eigenvalue weighted by Crippen LogP contribution is -2.32. The summed E-state index contributed by atoms with van der Waals surface area (Å²) in [6.07, 6.45) is 3.53. The number of aliphatic hydroxyl groups is 1. The largest absolute Gasteiger partial charge is 0.507 e. The van der Waals surface area contributed by atoms with E-state index < -0.39 is 17.7 Å². The molecule has 2 aromatic rings. The molecular weight excluding hydrogens is 456 g/mol. The van der Waals surface area contributed by atoms with Crippen molar-refractivity contribution >= 4 is 17.4 Å². The molecule has 1 amide bonds. The summed E-state index contributed by atoms with van der Waals surface area (Å²) in [6, 6.07) is 12.2. The van der Waals surface area contributed by atoms with Gasteiger partial charge in [0.05, 0.1) is 18.2 Å². The molecule has 2 atom stereocenters. The molecule has 0 aliphatic carbocycles. The molecule has 192 valence electrons. The maximum absolute atomic E-state index is 13.3. The van der Waals surface area contributed by atoms with Gasteiger partial charge in [-0.1, -0.05) is 25.5 Å². The molecule has 2 aliphatic heterocycles. The van der Waals surface area contributed by atoms with Gasteiger partial charge in [0.2, 0.25) is 0 Å². The van der Waals surface area contributed by atoms with Crippen LogP contribution in [0.1, 0.15) is 55.8 Å². The van der Waals surface area contributed by atoms with Gasteiger partial charge in [0.25, 0.3) is 11.7 Å². The Morgan fingerprint density at radius 3 is 2.58 bits per heavy atom. The van der Waals surface area contributed by atoms with Crippen molar-refractivity contribution in [3.05, 3.63) is 64.7 Å². The zero-order chi connectivity index (χ0) is 25.8. The van der Waals surface area contributed by atoms with Gasteiger partial charge < -0.3 is 24.4 Å². The number of ether oxygens (including phenoxy) is 2. The molecule has 0 aromatic heterocycles. The highest BCUT2D eigenvalue weighted by atomic mass is 16.5. The van der Waals surface area contributed by atoms with Gasteiger partial charge in [0.1, 0.15) is 23.4 Å². The third-order valence-corrected chi connectivity index (χ3v) is 6.68. The first-order valence-corrected chi connectivity index (χ1v) is 12.8. The predicted molar refractivity (Wildman–Crippen MR) is 139 cm³/mol. The van der Waals surface area contributed by atoms with E-state index in [1.54, 1.807) is 11.0 Å². The first-order valence-electron chi connectivity index (χ1n) is 12.8. The van der Waals surface area contributed by atoms with Gasteiger partial charge in [-0.2, -0.15) is 0 Å². The number of carbonyl (C=O) groups is 2. The average molecular weight is 493 g/mol. The SMILES string of the molecule is CCCCOc1ccc([C@@H]2C(=C(O)c3ccc4c(c3)C[C@H](C)O4)C(=O)C(=O)N2CCCN(C)C)cc1. The molecule has 2 aromatic carbocycles. The molecule has 4 rings (SSSR count). The number of benzene rings is 2. The van der Waals surface area contributed by atoms with E-state index in [-0.39, 0.29) is 17.4 Å². The Morgan fingerprint density at radius 1 is 1.14 bits per heavy atom. The summed E-state index contributed by atoms with van der Waals surface area (Å²) in [5.74, 6) is 0.138. The van der Waals surface area contributed by atoms with E-state index in [1.807, 2.05) is 62.3 Å². The van der Waals surface area contributed by atoms with Crippen LogP contribution in [0.15, 0.2) is 48.0 Å². The number of Topliss-reactive ketones (excluding diaryl/α,β-unsaturated/α-hetero) is 1. The minimum Gasteiger partial charge on any atom is -0.507 e. The summed E-state index contributed by atoms with van der Waals surface area (Å²) in [5, 5.41) is 11.4. The maximum Gasteiger partial charge on any atom is 0.295 e. The van der Waals surface area contributed by atoms with Crippen LogP contribution in [0.2, 0.25) is 0 Å². The van der Waals surface area contributed by atoms with Crippen LogP contribution in [0.5, 0.6) is 11.5 Å². The molecule has 2 aliphatic rings. The highest BCUT2D eigenvalue weighted by Gasteiger charge is 2.45. The van der Waals surface area contributed by atoms with Crippen LogP contribution in [0.25, 0.3) is 5.76 Å². The molecule has 1 N–H and O–H groups in total. The van der Waals surface area contributed by atoms with Crippen LogP contribution < -0.4 is 9.47 Å². The van der Waals surface area contributed by atoms with E-state index in [0.717, 1.165) is 48.4 Å².